The highest BCUT2D eigenvalue weighted by molar-refractivity contribution is 7.12. The molecule has 1 saturated heterocycles. The van der Waals surface area contributed by atoms with Gasteiger partial charge in [0.1, 0.15) is 5.76 Å². The number of rotatable bonds is 4. The van der Waals surface area contributed by atoms with Crippen molar-refractivity contribution in [3.63, 3.8) is 0 Å². The summed E-state index contributed by atoms with van der Waals surface area (Å²) >= 11 is 1.48. The summed E-state index contributed by atoms with van der Waals surface area (Å²) in [6.07, 6.45) is 2.13. The van der Waals surface area contributed by atoms with Gasteiger partial charge in [-0.05, 0) is 44.7 Å². The van der Waals surface area contributed by atoms with E-state index in [0.29, 0.717) is 0 Å². The summed E-state index contributed by atoms with van der Waals surface area (Å²) in [6.45, 7) is 6.70. The van der Waals surface area contributed by atoms with Crippen molar-refractivity contribution in [2.24, 2.45) is 0 Å². The van der Waals surface area contributed by atoms with Gasteiger partial charge in [-0.2, -0.15) is 0 Å². The van der Waals surface area contributed by atoms with E-state index in [1.807, 2.05) is 31.4 Å². The molecule has 0 aromatic carbocycles. The molecule has 0 saturated carbocycles. The van der Waals surface area contributed by atoms with Crippen molar-refractivity contribution in [2.75, 3.05) is 13.1 Å². The van der Waals surface area contributed by atoms with E-state index in [0.717, 1.165) is 48.8 Å². The van der Waals surface area contributed by atoms with Crippen LogP contribution in [0.2, 0.25) is 0 Å². The molecule has 2 aromatic rings. The Labute approximate surface area is 134 Å². The lowest BCUT2D eigenvalue weighted by atomic mass is 10.0. The quantitative estimate of drug-likeness (QED) is 0.941. The molecule has 0 unspecified atom stereocenters. The molecule has 1 fully saturated rings. The Morgan fingerprint density at radius 3 is 3.09 bits per heavy atom. The minimum Gasteiger partial charge on any atom is -0.361 e. The lowest BCUT2D eigenvalue weighted by Gasteiger charge is -2.33. The fraction of sp³-hybridized carbons (Fsp3) is 0.500. The van der Waals surface area contributed by atoms with Crippen LogP contribution >= 0.6 is 11.3 Å². The van der Waals surface area contributed by atoms with Crippen molar-refractivity contribution in [2.45, 2.75) is 39.3 Å². The van der Waals surface area contributed by atoms with Gasteiger partial charge in [-0.25, -0.2) is 0 Å². The molecule has 118 valence electrons. The fourth-order valence-electron chi connectivity index (χ4n) is 2.93. The Morgan fingerprint density at radius 2 is 2.41 bits per heavy atom. The Morgan fingerprint density at radius 1 is 1.55 bits per heavy atom. The van der Waals surface area contributed by atoms with Gasteiger partial charge in [-0.15, -0.1) is 11.3 Å². The molecule has 0 radical (unpaired) electrons. The highest BCUT2D eigenvalue weighted by Crippen LogP contribution is 2.19. The number of nitrogens with one attached hydrogen (secondary N) is 1. The van der Waals surface area contributed by atoms with Crippen LogP contribution in [0, 0.1) is 13.8 Å². The van der Waals surface area contributed by atoms with Crippen LogP contribution in [-0.4, -0.2) is 35.1 Å². The molecule has 1 aliphatic heterocycles. The van der Waals surface area contributed by atoms with Gasteiger partial charge in [0, 0.05) is 24.7 Å². The molecule has 3 heterocycles. The highest BCUT2D eigenvalue weighted by Gasteiger charge is 2.23. The molecule has 1 amide bonds. The molecule has 3 rings (SSSR count). The third-order valence-electron chi connectivity index (χ3n) is 4.15. The Bertz CT molecular complexity index is 616. The standard InChI is InChI=1S/C16H21N3O2S/c1-11-14(12(2)21-18-11)10-19-7-3-5-13(9-19)17-16(20)15-6-4-8-22-15/h4,6,8,13H,3,5,7,9-10H2,1-2H3,(H,17,20)/t13-/m0/s1. The van der Waals surface area contributed by atoms with Gasteiger partial charge in [-0.3, -0.25) is 9.69 Å². The topological polar surface area (TPSA) is 58.4 Å². The zero-order valence-electron chi connectivity index (χ0n) is 13.0. The molecule has 5 nitrogen and oxygen atoms in total. The summed E-state index contributed by atoms with van der Waals surface area (Å²) in [5.74, 6) is 0.932. The highest BCUT2D eigenvalue weighted by atomic mass is 32.1. The molecule has 0 spiro atoms. The number of nitrogens with zero attached hydrogens (tertiary/aromatic N) is 2. The minimum absolute atomic E-state index is 0.0409. The number of carbonyl (C=O) groups excluding carboxylic acids is 1. The third-order valence-corrected chi connectivity index (χ3v) is 5.02. The van der Waals surface area contributed by atoms with Crippen LogP contribution in [0.15, 0.2) is 22.0 Å². The summed E-state index contributed by atoms with van der Waals surface area (Å²) in [7, 11) is 0. The van der Waals surface area contributed by atoms with E-state index >= 15 is 0 Å². The van der Waals surface area contributed by atoms with Gasteiger partial charge in [0.05, 0.1) is 10.6 Å². The zero-order chi connectivity index (χ0) is 15.5. The van der Waals surface area contributed by atoms with E-state index in [1.165, 1.54) is 16.9 Å². The molecule has 2 aromatic heterocycles. The van der Waals surface area contributed by atoms with Crippen molar-refractivity contribution in [3.05, 3.63) is 39.4 Å². The molecule has 1 atom stereocenters. The number of aromatic nitrogens is 1. The van der Waals surface area contributed by atoms with Gasteiger partial charge in [0.25, 0.3) is 5.91 Å². The van der Waals surface area contributed by atoms with Crippen molar-refractivity contribution in [1.82, 2.24) is 15.4 Å². The van der Waals surface area contributed by atoms with Crippen LogP contribution in [0.25, 0.3) is 0 Å². The van der Waals surface area contributed by atoms with Crippen LogP contribution in [0.5, 0.6) is 0 Å². The predicted molar refractivity (Wildman–Crippen MR) is 86.1 cm³/mol. The maximum absolute atomic E-state index is 12.2. The Hall–Kier alpha value is -1.66. The lowest BCUT2D eigenvalue weighted by molar-refractivity contribution is 0.0904. The van der Waals surface area contributed by atoms with Crippen LogP contribution in [0.4, 0.5) is 0 Å². The molecule has 6 heteroatoms. The smallest absolute Gasteiger partial charge is 0.261 e. The first-order valence-corrected chi connectivity index (χ1v) is 8.50. The van der Waals surface area contributed by atoms with Crippen molar-refractivity contribution in [1.29, 1.82) is 0 Å². The lowest BCUT2D eigenvalue weighted by Crippen LogP contribution is -2.47. The maximum atomic E-state index is 12.2. The largest absolute Gasteiger partial charge is 0.361 e. The third kappa shape index (κ3) is 3.39. The van der Waals surface area contributed by atoms with Crippen molar-refractivity contribution >= 4 is 17.2 Å². The summed E-state index contributed by atoms with van der Waals surface area (Å²) in [6, 6.07) is 3.98. The average molecular weight is 319 g/mol. The fourth-order valence-corrected chi connectivity index (χ4v) is 3.56. The molecule has 1 aliphatic rings. The predicted octanol–water partition coefficient (Wildman–Crippen LogP) is 2.75. The van der Waals surface area contributed by atoms with Gasteiger partial charge < -0.3 is 9.84 Å². The number of hydrogen-bond donors (Lipinski definition) is 1. The van der Waals surface area contributed by atoms with Crippen LogP contribution in [-0.2, 0) is 6.54 Å². The molecule has 0 bridgehead atoms. The minimum atomic E-state index is 0.0409. The molecular weight excluding hydrogens is 298 g/mol. The summed E-state index contributed by atoms with van der Waals surface area (Å²) < 4.78 is 5.23. The number of aryl methyl sites for hydroxylation is 2. The summed E-state index contributed by atoms with van der Waals surface area (Å²) in [5, 5.41) is 9.09. The average Bonchev–Trinajstić information content (AvgIpc) is 3.13. The first kappa shape index (κ1) is 15.2. The Balaban J connectivity index is 1.59. The van der Waals surface area contributed by atoms with Crippen LogP contribution in [0.3, 0.4) is 0 Å². The number of hydrogen-bond acceptors (Lipinski definition) is 5. The first-order valence-electron chi connectivity index (χ1n) is 7.62. The normalized spacial score (nSPS) is 19.3. The SMILES string of the molecule is Cc1noc(C)c1CN1CCC[C@H](NC(=O)c2cccs2)C1. The second-order valence-electron chi connectivity index (χ2n) is 5.83. The van der Waals surface area contributed by atoms with E-state index in [4.69, 9.17) is 4.52 Å². The van der Waals surface area contributed by atoms with E-state index in [2.05, 4.69) is 15.4 Å². The van der Waals surface area contributed by atoms with E-state index in [1.54, 1.807) is 0 Å². The zero-order valence-corrected chi connectivity index (χ0v) is 13.8. The molecule has 1 N–H and O–H groups in total. The number of thiophene rings is 1. The molecule has 0 aliphatic carbocycles. The van der Waals surface area contributed by atoms with Crippen molar-refractivity contribution < 1.29 is 9.32 Å². The summed E-state index contributed by atoms with van der Waals surface area (Å²) in [4.78, 5) is 15.3. The number of amides is 1. The summed E-state index contributed by atoms with van der Waals surface area (Å²) in [5.41, 5.74) is 2.13. The second kappa shape index (κ2) is 6.62. The van der Waals surface area contributed by atoms with Crippen LogP contribution in [0.1, 0.15) is 39.5 Å². The monoisotopic (exact) mass is 319 g/mol. The number of carbonyl (C=O) groups is 1. The maximum Gasteiger partial charge on any atom is 0.261 e. The van der Waals surface area contributed by atoms with Gasteiger partial charge in [0.2, 0.25) is 0 Å². The number of likely N-dealkylation sites (tertiary alicyclic amines) is 1. The molecular formula is C16H21N3O2S. The van der Waals surface area contributed by atoms with Gasteiger partial charge >= 0.3 is 0 Å². The van der Waals surface area contributed by atoms with E-state index in [9.17, 15) is 4.79 Å². The van der Waals surface area contributed by atoms with Gasteiger partial charge in [0.15, 0.2) is 0 Å². The van der Waals surface area contributed by atoms with Crippen molar-refractivity contribution in [3.8, 4) is 0 Å². The molecule has 22 heavy (non-hydrogen) atoms. The van der Waals surface area contributed by atoms with Gasteiger partial charge in [-0.1, -0.05) is 11.2 Å². The number of piperidine rings is 1. The van der Waals surface area contributed by atoms with Crippen LogP contribution < -0.4 is 5.32 Å². The second-order valence-corrected chi connectivity index (χ2v) is 6.78. The Kier molecular flexibility index (Phi) is 4.59. The first-order chi connectivity index (χ1) is 10.6. The van der Waals surface area contributed by atoms with E-state index < -0.39 is 0 Å². The van der Waals surface area contributed by atoms with E-state index in [-0.39, 0.29) is 11.9 Å².